The molecular formula is C21H27N3O5S2. The number of rotatable bonds is 11. The van der Waals surface area contributed by atoms with Gasteiger partial charge in [0.05, 0.1) is 5.75 Å². The molecule has 2 aromatic rings. The van der Waals surface area contributed by atoms with Gasteiger partial charge in [-0.15, -0.1) is 0 Å². The molecule has 31 heavy (non-hydrogen) atoms. The molecule has 0 saturated carbocycles. The van der Waals surface area contributed by atoms with Gasteiger partial charge in [-0.1, -0.05) is 48.5 Å². The molecule has 0 heterocycles. The van der Waals surface area contributed by atoms with Crippen LogP contribution >= 0.6 is 11.8 Å². The molecule has 2 amide bonds. The highest BCUT2D eigenvalue weighted by Crippen LogP contribution is 2.29. The summed E-state index contributed by atoms with van der Waals surface area (Å²) >= 11 is 1.49. The average Bonchev–Trinajstić information content (AvgIpc) is 2.79. The van der Waals surface area contributed by atoms with E-state index in [0.29, 0.717) is 17.9 Å². The van der Waals surface area contributed by atoms with Crippen molar-refractivity contribution in [3.63, 3.8) is 0 Å². The van der Waals surface area contributed by atoms with Crippen molar-refractivity contribution < 1.29 is 22.7 Å². The fraction of sp³-hybridized carbons (Fsp3) is 0.333. The van der Waals surface area contributed by atoms with Crippen LogP contribution in [0.4, 0.5) is 0 Å². The van der Waals surface area contributed by atoms with Crippen LogP contribution in [-0.2, 0) is 19.6 Å². The maximum absolute atomic E-state index is 12.4. The van der Waals surface area contributed by atoms with Crippen LogP contribution in [0.2, 0.25) is 0 Å². The number of ether oxygens (including phenoxy) is 1. The van der Waals surface area contributed by atoms with Gasteiger partial charge in [0.1, 0.15) is 11.8 Å². The second-order valence-corrected chi connectivity index (χ2v) is 9.57. The standard InChI is InChI=1S/C21H27N3O5S2/c1-3-31(27,28)24-18(13-14-30-2)21(26)23-22-20(25)15-29-19-12-8-7-11-17(19)16-9-5-4-6-10-16/h4-12,18,24H,3,13-15H2,1-2H3,(H,22,25)(H,23,26). The molecule has 8 nitrogen and oxygen atoms in total. The summed E-state index contributed by atoms with van der Waals surface area (Å²) in [6.07, 6.45) is 2.15. The fourth-order valence-corrected chi connectivity index (χ4v) is 3.92. The van der Waals surface area contributed by atoms with Crippen LogP contribution in [0.25, 0.3) is 11.1 Å². The molecule has 3 N–H and O–H groups in total. The molecule has 10 heteroatoms. The Hall–Kier alpha value is -2.56. The van der Waals surface area contributed by atoms with Crippen LogP contribution < -0.4 is 20.3 Å². The van der Waals surface area contributed by atoms with E-state index in [9.17, 15) is 18.0 Å². The van der Waals surface area contributed by atoms with Crippen molar-refractivity contribution in [3.05, 3.63) is 54.6 Å². The van der Waals surface area contributed by atoms with Crippen LogP contribution in [0.3, 0.4) is 0 Å². The first-order valence-corrected chi connectivity index (χ1v) is 12.8. The van der Waals surface area contributed by atoms with Crippen LogP contribution in [0, 0.1) is 0 Å². The van der Waals surface area contributed by atoms with E-state index in [2.05, 4.69) is 15.6 Å². The highest BCUT2D eigenvalue weighted by Gasteiger charge is 2.23. The van der Waals surface area contributed by atoms with Gasteiger partial charge in [0, 0.05) is 5.56 Å². The molecule has 0 aromatic heterocycles. The molecule has 2 rings (SSSR count). The zero-order valence-corrected chi connectivity index (χ0v) is 19.1. The van der Waals surface area contributed by atoms with Crippen LogP contribution in [0.15, 0.2) is 54.6 Å². The Balaban J connectivity index is 1.92. The van der Waals surface area contributed by atoms with E-state index in [0.717, 1.165) is 11.1 Å². The fourth-order valence-electron chi connectivity index (χ4n) is 2.63. The third-order valence-electron chi connectivity index (χ3n) is 4.28. The minimum absolute atomic E-state index is 0.142. The van der Waals surface area contributed by atoms with Crippen molar-refractivity contribution in [2.24, 2.45) is 0 Å². The van der Waals surface area contributed by atoms with Gasteiger partial charge in [0.25, 0.3) is 11.8 Å². The first-order valence-electron chi connectivity index (χ1n) is 9.71. The molecule has 1 atom stereocenters. The molecule has 1 unspecified atom stereocenters. The van der Waals surface area contributed by atoms with Gasteiger partial charge in [-0.2, -0.15) is 11.8 Å². The Labute approximate surface area is 187 Å². The van der Waals surface area contributed by atoms with Crippen molar-refractivity contribution in [2.75, 3.05) is 24.4 Å². The van der Waals surface area contributed by atoms with E-state index >= 15 is 0 Å². The van der Waals surface area contributed by atoms with Crippen molar-refractivity contribution >= 4 is 33.6 Å². The summed E-state index contributed by atoms with van der Waals surface area (Å²) in [6.45, 7) is 1.17. The molecule has 0 aliphatic carbocycles. The van der Waals surface area contributed by atoms with Crippen LogP contribution in [0.1, 0.15) is 13.3 Å². The summed E-state index contributed by atoms with van der Waals surface area (Å²) in [5.74, 6) is -0.236. The zero-order valence-electron chi connectivity index (χ0n) is 17.5. The highest BCUT2D eigenvalue weighted by molar-refractivity contribution is 7.98. The monoisotopic (exact) mass is 465 g/mol. The summed E-state index contributed by atoms with van der Waals surface area (Å²) in [4.78, 5) is 24.5. The Bertz CT molecular complexity index is 968. The number of amides is 2. The van der Waals surface area contributed by atoms with Gasteiger partial charge >= 0.3 is 0 Å². The molecule has 0 spiro atoms. The van der Waals surface area contributed by atoms with Gasteiger partial charge in [-0.05, 0) is 37.0 Å². The molecule has 0 radical (unpaired) electrons. The second kappa shape index (κ2) is 12.3. The third kappa shape index (κ3) is 8.23. The van der Waals surface area contributed by atoms with E-state index in [-0.39, 0.29) is 12.4 Å². The Kier molecular flexibility index (Phi) is 9.83. The molecular weight excluding hydrogens is 438 g/mol. The lowest BCUT2D eigenvalue weighted by atomic mass is 10.1. The average molecular weight is 466 g/mol. The molecule has 0 fully saturated rings. The van der Waals surface area contributed by atoms with Crippen molar-refractivity contribution in [1.82, 2.24) is 15.6 Å². The largest absolute Gasteiger partial charge is 0.483 e. The maximum Gasteiger partial charge on any atom is 0.276 e. The Morgan fingerprint density at radius 2 is 1.71 bits per heavy atom. The number of carbonyl (C=O) groups excluding carboxylic acids is 2. The Morgan fingerprint density at radius 3 is 2.39 bits per heavy atom. The molecule has 0 aliphatic heterocycles. The Morgan fingerprint density at radius 1 is 1.03 bits per heavy atom. The number of thioether (sulfide) groups is 1. The van der Waals surface area contributed by atoms with Gasteiger partial charge in [-0.3, -0.25) is 20.4 Å². The number of para-hydroxylation sites is 1. The molecule has 2 aromatic carbocycles. The first kappa shape index (κ1) is 24.7. The SMILES string of the molecule is CCS(=O)(=O)NC(CCSC)C(=O)NNC(=O)COc1ccccc1-c1ccccc1. The molecule has 0 bridgehead atoms. The van der Waals surface area contributed by atoms with E-state index in [1.807, 2.05) is 48.7 Å². The quantitative estimate of drug-likeness (QED) is 0.437. The highest BCUT2D eigenvalue weighted by atomic mass is 32.2. The summed E-state index contributed by atoms with van der Waals surface area (Å²) in [5, 5.41) is 0. The summed E-state index contributed by atoms with van der Waals surface area (Å²) in [7, 11) is -3.57. The summed E-state index contributed by atoms with van der Waals surface area (Å²) < 4.78 is 31.6. The van der Waals surface area contributed by atoms with E-state index in [1.165, 1.54) is 18.7 Å². The van der Waals surface area contributed by atoms with Crippen LogP contribution in [0.5, 0.6) is 5.75 Å². The lowest BCUT2D eigenvalue weighted by molar-refractivity contribution is -0.130. The normalized spacial score (nSPS) is 12.1. The lowest BCUT2D eigenvalue weighted by Crippen LogP contribution is -2.53. The number of carbonyl (C=O) groups is 2. The van der Waals surface area contributed by atoms with E-state index < -0.39 is 27.9 Å². The predicted molar refractivity (Wildman–Crippen MR) is 123 cm³/mol. The molecule has 0 saturated heterocycles. The third-order valence-corrected chi connectivity index (χ3v) is 6.33. The second-order valence-electron chi connectivity index (χ2n) is 6.54. The smallest absolute Gasteiger partial charge is 0.276 e. The number of nitrogens with one attached hydrogen (secondary N) is 3. The van der Waals surface area contributed by atoms with Gasteiger partial charge < -0.3 is 4.74 Å². The van der Waals surface area contributed by atoms with Crippen molar-refractivity contribution in [2.45, 2.75) is 19.4 Å². The zero-order chi connectivity index (χ0) is 22.7. The lowest BCUT2D eigenvalue weighted by Gasteiger charge is -2.18. The predicted octanol–water partition coefficient (Wildman–Crippen LogP) is 1.94. The summed E-state index contributed by atoms with van der Waals surface area (Å²) in [6, 6.07) is 16.0. The minimum Gasteiger partial charge on any atom is -0.483 e. The van der Waals surface area contributed by atoms with Gasteiger partial charge in [0.15, 0.2) is 6.61 Å². The number of hydrogen-bond donors (Lipinski definition) is 3. The number of hydrogen-bond acceptors (Lipinski definition) is 6. The van der Waals surface area contributed by atoms with Crippen molar-refractivity contribution in [3.8, 4) is 16.9 Å². The topological polar surface area (TPSA) is 114 Å². The van der Waals surface area contributed by atoms with Gasteiger partial charge in [-0.25, -0.2) is 13.1 Å². The number of benzene rings is 2. The maximum atomic E-state index is 12.4. The molecule has 168 valence electrons. The van der Waals surface area contributed by atoms with E-state index in [4.69, 9.17) is 4.74 Å². The number of hydrazine groups is 1. The van der Waals surface area contributed by atoms with Crippen LogP contribution in [-0.4, -0.2) is 50.6 Å². The number of sulfonamides is 1. The molecule has 0 aliphatic rings. The van der Waals surface area contributed by atoms with Crippen molar-refractivity contribution in [1.29, 1.82) is 0 Å². The first-order chi connectivity index (χ1) is 14.9. The van der Waals surface area contributed by atoms with Gasteiger partial charge in [0.2, 0.25) is 10.0 Å². The van der Waals surface area contributed by atoms with E-state index in [1.54, 1.807) is 12.1 Å². The minimum atomic E-state index is -3.57. The summed E-state index contributed by atoms with van der Waals surface area (Å²) in [5.41, 5.74) is 6.32.